The molecule has 0 aliphatic carbocycles. The van der Waals surface area contributed by atoms with Crippen molar-refractivity contribution in [1.82, 2.24) is 14.3 Å². The van der Waals surface area contributed by atoms with Gasteiger partial charge in [-0.15, -0.1) is 12.4 Å². The van der Waals surface area contributed by atoms with E-state index in [2.05, 4.69) is 21.4 Å². The van der Waals surface area contributed by atoms with Crippen LogP contribution in [0.1, 0.15) is 23.8 Å². The highest BCUT2D eigenvalue weighted by atomic mass is 35.5. The van der Waals surface area contributed by atoms with Crippen molar-refractivity contribution in [2.24, 2.45) is 5.92 Å². The number of hydrogen-bond acceptors (Lipinski definition) is 4. The highest BCUT2D eigenvalue weighted by Gasteiger charge is 2.36. The second-order valence-corrected chi connectivity index (χ2v) is 6.35. The third-order valence-electron chi connectivity index (χ3n) is 4.45. The molecule has 0 radical (unpaired) electrons. The first kappa shape index (κ1) is 14.0. The van der Waals surface area contributed by atoms with Crippen molar-refractivity contribution in [3.63, 3.8) is 0 Å². The third kappa shape index (κ3) is 2.48. The second kappa shape index (κ2) is 5.80. The lowest BCUT2D eigenvalue weighted by Gasteiger charge is -2.43. The summed E-state index contributed by atoms with van der Waals surface area (Å²) in [6.45, 7) is 3.76. The van der Waals surface area contributed by atoms with Gasteiger partial charge in [0, 0.05) is 18.0 Å². The zero-order valence-electron chi connectivity index (χ0n) is 11.2. The number of benzene rings is 1. The van der Waals surface area contributed by atoms with Crippen LogP contribution >= 0.6 is 23.9 Å². The number of halogens is 1. The van der Waals surface area contributed by atoms with Crippen LogP contribution in [0.25, 0.3) is 11.4 Å². The lowest BCUT2D eigenvalue weighted by molar-refractivity contribution is 0.0870. The van der Waals surface area contributed by atoms with Crippen LogP contribution in [0.4, 0.5) is 0 Å². The summed E-state index contributed by atoms with van der Waals surface area (Å²) in [5.41, 5.74) is 1.13. The molecule has 3 fully saturated rings. The fourth-order valence-electron chi connectivity index (χ4n) is 3.34. The summed E-state index contributed by atoms with van der Waals surface area (Å²) in [7, 11) is 0. The maximum absolute atomic E-state index is 4.80. The molecule has 1 atom stereocenters. The van der Waals surface area contributed by atoms with E-state index in [1.165, 1.54) is 37.5 Å². The molecule has 20 heavy (non-hydrogen) atoms. The molecule has 106 valence electrons. The van der Waals surface area contributed by atoms with Crippen LogP contribution in [0.5, 0.6) is 0 Å². The first-order valence-corrected chi connectivity index (χ1v) is 7.79. The summed E-state index contributed by atoms with van der Waals surface area (Å²) >= 11 is 1.60. The van der Waals surface area contributed by atoms with Gasteiger partial charge in [-0.3, -0.25) is 0 Å². The van der Waals surface area contributed by atoms with Crippen LogP contribution in [0, 0.1) is 5.92 Å². The van der Waals surface area contributed by atoms with Crippen molar-refractivity contribution >= 4 is 23.9 Å². The number of nitrogens with zero attached hydrogens (tertiary/aromatic N) is 3. The molecule has 0 amide bonds. The third-order valence-corrected chi connectivity index (χ3v) is 5.29. The molecule has 2 bridgehead atoms. The van der Waals surface area contributed by atoms with Crippen molar-refractivity contribution in [1.29, 1.82) is 0 Å². The van der Waals surface area contributed by atoms with Crippen LogP contribution in [-0.4, -0.2) is 33.9 Å². The van der Waals surface area contributed by atoms with E-state index < -0.39 is 0 Å². The minimum Gasteiger partial charge on any atom is -0.303 e. The average Bonchev–Trinajstić information content (AvgIpc) is 2.99. The molecule has 3 aliphatic rings. The molecule has 2 aromatic rings. The molecular formula is C15H18ClN3S. The van der Waals surface area contributed by atoms with Crippen LogP contribution in [0.3, 0.4) is 0 Å². The highest BCUT2D eigenvalue weighted by Crippen LogP contribution is 2.39. The van der Waals surface area contributed by atoms with E-state index in [0.29, 0.717) is 5.92 Å². The number of rotatable bonds is 2. The zero-order chi connectivity index (χ0) is 12.7. The second-order valence-electron chi connectivity index (χ2n) is 5.57. The van der Waals surface area contributed by atoms with Gasteiger partial charge in [0.05, 0.1) is 0 Å². The maximum atomic E-state index is 4.80. The van der Waals surface area contributed by atoms with E-state index >= 15 is 0 Å². The molecular weight excluding hydrogens is 290 g/mol. The van der Waals surface area contributed by atoms with E-state index in [0.717, 1.165) is 17.3 Å². The Kier molecular flexibility index (Phi) is 4.06. The molecule has 5 heteroatoms. The van der Waals surface area contributed by atoms with Gasteiger partial charge >= 0.3 is 0 Å². The van der Waals surface area contributed by atoms with Crippen LogP contribution in [0.2, 0.25) is 0 Å². The Labute approximate surface area is 129 Å². The summed E-state index contributed by atoms with van der Waals surface area (Å²) in [6.07, 6.45) is 2.68. The van der Waals surface area contributed by atoms with Gasteiger partial charge in [-0.25, -0.2) is 4.98 Å². The Morgan fingerprint density at radius 2 is 1.85 bits per heavy atom. The van der Waals surface area contributed by atoms with Gasteiger partial charge in [0.2, 0.25) is 0 Å². The molecule has 1 aromatic heterocycles. The highest BCUT2D eigenvalue weighted by molar-refractivity contribution is 7.05. The molecule has 0 saturated carbocycles. The average molecular weight is 308 g/mol. The minimum atomic E-state index is 0. The summed E-state index contributed by atoms with van der Waals surface area (Å²) in [5, 5.41) is 1.24. The molecule has 0 spiro atoms. The van der Waals surface area contributed by atoms with Crippen LogP contribution < -0.4 is 0 Å². The molecule has 1 unspecified atom stereocenters. The first-order chi connectivity index (χ1) is 9.40. The summed E-state index contributed by atoms with van der Waals surface area (Å²) in [5.74, 6) is 2.36. The first-order valence-electron chi connectivity index (χ1n) is 7.01. The normalized spacial score (nSPS) is 28.1. The van der Waals surface area contributed by atoms with Gasteiger partial charge in [-0.2, -0.15) is 4.37 Å². The number of piperidine rings is 3. The Bertz CT molecular complexity index is 564. The number of hydrogen-bond donors (Lipinski definition) is 0. The van der Waals surface area contributed by atoms with Gasteiger partial charge in [0.15, 0.2) is 5.82 Å². The van der Waals surface area contributed by atoms with Crippen molar-refractivity contribution in [3.8, 4) is 11.4 Å². The van der Waals surface area contributed by atoms with E-state index in [-0.39, 0.29) is 12.4 Å². The molecule has 5 rings (SSSR count). The molecule has 4 heterocycles. The molecule has 1 aromatic carbocycles. The Balaban J connectivity index is 0.00000121. The van der Waals surface area contributed by atoms with Gasteiger partial charge in [0.1, 0.15) is 5.01 Å². The van der Waals surface area contributed by atoms with Crippen molar-refractivity contribution in [2.75, 3.05) is 19.6 Å². The quantitative estimate of drug-likeness (QED) is 0.851. The van der Waals surface area contributed by atoms with Gasteiger partial charge < -0.3 is 4.90 Å². The fourth-order valence-corrected chi connectivity index (χ4v) is 4.19. The summed E-state index contributed by atoms with van der Waals surface area (Å²) < 4.78 is 4.56. The fraction of sp³-hybridized carbons (Fsp3) is 0.467. The predicted octanol–water partition coefficient (Wildman–Crippen LogP) is 3.44. The van der Waals surface area contributed by atoms with E-state index in [1.54, 1.807) is 11.5 Å². The summed E-state index contributed by atoms with van der Waals surface area (Å²) in [6, 6.07) is 10.3. The van der Waals surface area contributed by atoms with Crippen LogP contribution in [-0.2, 0) is 0 Å². The van der Waals surface area contributed by atoms with Crippen molar-refractivity contribution in [3.05, 3.63) is 35.3 Å². The molecule has 3 saturated heterocycles. The lowest BCUT2D eigenvalue weighted by atomic mass is 9.79. The van der Waals surface area contributed by atoms with Gasteiger partial charge in [-0.05, 0) is 43.4 Å². The number of aromatic nitrogens is 2. The lowest BCUT2D eigenvalue weighted by Crippen LogP contribution is -2.46. The molecule has 3 nitrogen and oxygen atoms in total. The predicted molar refractivity (Wildman–Crippen MR) is 84.5 cm³/mol. The summed E-state index contributed by atoms with van der Waals surface area (Å²) in [4.78, 5) is 7.38. The van der Waals surface area contributed by atoms with Gasteiger partial charge in [-0.1, -0.05) is 30.3 Å². The molecule has 3 aliphatic heterocycles. The minimum absolute atomic E-state index is 0. The maximum Gasteiger partial charge on any atom is 0.173 e. The van der Waals surface area contributed by atoms with Crippen molar-refractivity contribution < 1.29 is 0 Å². The van der Waals surface area contributed by atoms with Crippen LogP contribution in [0.15, 0.2) is 30.3 Å². The largest absolute Gasteiger partial charge is 0.303 e. The van der Waals surface area contributed by atoms with E-state index in [4.69, 9.17) is 4.98 Å². The molecule has 0 N–H and O–H groups in total. The number of fused-ring (bicyclic) bond motifs is 3. The Hall–Kier alpha value is -0.970. The van der Waals surface area contributed by atoms with Gasteiger partial charge in [0.25, 0.3) is 0 Å². The zero-order valence-corrected chi connectivity index (χ0v) is 12.9. The van der Waals surface area contributed by atoms with E-state index in [9.17, 15) is 0 Å². The van der Waals surface area contributed by atoms with Crippen molar-refractivity contribution in [2.45, 2.75) is 18.8 Å². The standard InChI is InChI=1S/C15H17N3S.ClH/c1-2-4-12(5-3-1)14-16-15(19-17-14)13-10-18-8-6-11(13)7-9-18;/h1-5,11,13H,6-10H2;1H. The topological polar surface area (TPSA) is 29.0 Å². The Morgan fingerprint density at radius 3 is 2.50 bits per heavy atom. The van der Waals surface area contributed by atoms with E-state index in [1.807, 2.05) is 18.2 Å². The SMILES string of the molecule is Cl.c1ccc(-c2nsc(C3CN4CCC3CC4)n2)cc1. The monoisotopic (exact) mass is 307 g/mol. The smallest absolute Gasteiger partial charge is 0.173 e. The Morgan fingerprint density at radius 1 is 1.10 bits per heavy atom.